The second-order valence-corrected chi connectivity index (χ2v) is 4.43. The molecule has 0 atom stereocenters. The van der Waals surface area contributed by atoms with E-state index in [1.165, 1.54) is 18.2 Å². The molecule has 0 radical (unpaired) electrons. The van der Waals surface area contributed by atoms with Gasteiger partial charge in [-0.1, -0.05) is 0 Å². The summed E-state index contributed by atoms with van der Waals surface area (Å²) in [7, 11) is 1.58. The Bertz CT molecular complexity index is 679. The number of rotatable bonds is 5. The van der Waals surface area contributed by atoms with Gasteiger partial charge >= 0.3 is 0 Å². The van der Waals surface area contributed by atoms with Gasteiger partial charge in [0.1, 0.15) is 17.2 Å². The van der Waals surface area contributed by atoms with Crippen LogP contribution in [0.25, 0.3) is 0 Å². The van der Waals surface area contributed by atoms with Crippen molar-refractivity contribution >= 4 is 17.3 Å². The molecule has 21 heavy (non-hydrogen) atoms. The Morgan fingerprint density at radius 2 is 2.10 bits per heavy atom. The smallest absolute Gasteiger partial charge is 0.293 e. The molecule has 0 bridgehead atoms. The van der Waals surface area contributed by atoms with Crippen molar-refractivity contribution in [1.29, 1.82) is 0 Å². The molecule has 2 rings (SSSR count). The molecule has 0 saturated heterocycles. The number of nitrogens with zero attached hydrogens (tertiary/aromatic N) is 1. The fourth-order valence-electron chi connectivity index (χ4n) is 1.88. The Kier molecular flexibility index (Phi) is 4.22. The van der Waals surface area contributed by atoms with Crippen LogP contribution in [0.4, 0.5) is 11.4 Å². The van der Waals surface area contributed by atoms with E-state index in [4.69, 9.17) is 4.42 Å². The quantitative estimate of drug-likeness (QED) is 0.651. The number of nitro benzene ring substituents is 1. The highest BCUT2D eigenvalue weighted by atomic mass is 16.6. The molecule has 0 saturated carbocycles. The van der Waals surface area contributed by atoms with Crippen LogP contribution >= 0.6 is 0 Å². The van der Waals surface area contributed by atoms with E-state index >= 15 is 0 Å². The van der Waals surface area contributed by atoms with E-state index in [-0.39, 0.29) is 17.8 Å². The van der Waals surface area contributed by atoms with Gasteiger partial charge in [-0.3, -0.25) is 14.9 Å². The third-order valence-corrected chi connectivity index (χ3v) is 2.95. The molecule has 2 N–H and O–H groups in total. The minimum atomic E-state index is -0.529. The van der Waals surface area contributed by atoms with Gasteiger partial charge in [-0.2, -0.15) is 0 Å². The second-order valence-electron chi connectivity index (χ2n) is 4.43. The van der Waals surface area contributed by atoms with E-state index in [1.54, 1.807) is 19.2 Å². The number of hydrogen-bond donors (Lipinski definition) is 2. The van der Waals surface area contributed by atoms with Crippen LogP contribution in [-0.2, 0) is 6.54 Å². The van der Waals surface area contributed by atoms with Crippen molar-refractivity contribution in [2.24, 2.45) is 0 Å². The van der Waals surface area contributed by atoms with E-state index in [0.29, 0.717) is 11.4 Å². The number of furan rings is 1. The highest BCUT2D eigenvalue weighted by Gasteiger charge is 2.16. The van der Waals surface area contributed by atoms with E-state index in [0.717, 1.165) is 5.76 Å². The van der Waals surface area contributed by atoms with Crippen molar-refractivity contribution in [2.75, 3.05) is 12.4 Å². The predicted octanol–water partition coefficient (Wildman–Crippen LogP) is 2.47. The molecule has 0 unspecified atom stereocenters. The van der Waals surface area contributed by atoms with Crippen LogP contribution in [0.15, 0.2) is 34.7 Å². The largest absolute Gasteiger partial charge is 0.465 e. The Morgan fingerprint density at radius 1 is 1.33 bits per heavy atom. The van der Waals surface area contributed by atoms with E-state index < -0.39 is 10.8 Å². The third-order valence-electron chi connectivity index (χ3n) is 2.95. The number of carbonyl (C=O) groups excluding carboxylic acids is 1. The number of anilines is 1. The molecular weight excluding hydrogens is 274 g/mol. The van der Waals surface area contributed by atoms with Crippen LogP contribution in [0, 0.1) is 17.0 Å². The number of amides is 1. The second kappa shape index (κ2) is 6.08. The van der Waals surface area contributed by atoms with Gasteiger partial charge in [0.05, 0.1) is 11.5 Å². The summed E-state index contributed by atoms with van der Waals surface area (Å²) in [6, 6.07) is 7.84. The zero-order valence-corrected chi connectivity index (χ0v) is 11.7. The lowest BCUT2D eigenvalue weighted by Gasteiger charge is -2.06. The zero-order valence-electron chi connectivity index (χ0n) is 11.7. The summed E-state index contributed by atoms with van der Waals surface area (Å²) in [6.07, 6.45) is 0. The molecule has 1 aromatic carbocycles. The van der Waals surface area contributed by atoms with Crippen molar-refractivity contribution < 1.29 is 14.1 Å². The molecule has 7 heteroatoms. The lowest BCUT2D eigenvalue weighted by molar-refractivity contribution is -0.384. The predicted molar refractivity (Wildman–Crippen MR) is 77.3 cm³/mol. The first-order chi connectivity index (χ1) is 10.0. The molecule has 0 aliphatic rings. The summed E-state index contributed by atoms with van der Waals surface area (Å²) in [4.78, 5) is 22.4. The normalized spacial score (nSPS) is 10.2. The summed E-state index contributed by atoms with van der Waals surface area (Å²) >= 11 is 0. The molecule has 1 aromatic heterocycles. The maximum absolute atomic E-state index is 12.0. The van der Waals surface area contributed by atoms with Crippen molar-refractivity contribution in [3.8, 4) is 0 Å². The number of nitrogens with one attached hydrogen (secondary N) is 2. The lowest BCUT2D eigenvalue weighted by atomic mass is 10.1. The molecule has 7 nitrogen and oxygen atoms in total. The molecule has 0 aliphatic carbocycles. The van der Waals surface area contributed by atoms with Crippen LogP contribution < -0.4 is 10.6 Å². The minimum absolute atomic E-state index is 0.140. The van der Waals surface area contributed by atoms with Gasteiger partial charge in [-0.05, 0) is 31.2 Å². The van der Waals surface area contributed by atoms with Crippen LogP contribution in [0.2, 0.25) is 0 Å². The molecule has 110 valence electrons. The maximum atomic E-state index is 12.0. The van der Waals surface area contributed by atoms with Crippen molar-refractivity contribution in [2.45, 2.75) is 13.5 Å². The molecule has 1 heterocycles. The highest BCUT2D eigenvalue weighted by Crippen LogP contribution is 2.25. The van der Waals surface area contributed by atoms with Crippen molar-refractivity contribution in [1.82, 2.24) is 5.32 Å². The number of carbonyl (C=O) groups is 1. The topological polar surface area (TPSA) is 97.4 Å². The maximum Gasteiger partial charge on any atom is 0.293 e. The van der Waals surface area contributed by atoms with Gasteiger partial charge in [-0.15, -0.1) is 0 Å². The van der Waals surface area contributed by atoms with E-state index in [9.17, 15) is 14.9 Å². The standard InChI is InChI=1S/C14H15N3O4/c1-9-3-5-11(21-9)8-16-14(18)10-4-6-12(15-2)13(7-10)17(19)20/h3-7,15H,8H2,1-2H3,(H,16,18). The van der Waals surface area contributed by atoms with Gasteiger partial charge in [0.25, 0.3) is 11.6 Å². The Balaban J connectivity index is 2.12. The highest BCUT2D eigenvalue weighted by molar-refractivity contribution is 5.95. The fraction of sp³-hybridized carbons (Fsp3) is 0.214. The third kappa shape index (κ3) is 3.38. The molecule has 0 fully saturated rings. The van der Waals surface area contributed by atoms with E-state index in [1.807, 2.05) is 6.92 Å². The summed E-state index contributed by atoms with van der Waals surface area (Å²) in [5.41, 5.74) is 0.446. The van der Waals surface area contributed by atoms with Crippen LogP contribution in [0.5, 0.6) is 0 Å². The molecule has 0 spiro atoms. The summed E-state index contributed by atoms with van der Waals surface area (Å²) < 4.78 is 5.34. The van der Waals surface area contributed by atoms with Crippen LogP contribution in [0.1, 0.15) is 21.9 Å². The van der Waals surface area contributed by atoms with Crippen LogP contribution in [0.3, 0.4) is 0 Å². The lowest BCUT2D eigenvalue weighted by Crippen LogP contribution is -2.22. The molecule has 1 amide bonds. The molecule has 0 aliphatic heterocycles. The average molecular weight is 289 g/mol. The Morgan fingerprint density at radius 3 is 2.67 bits per heavy atom. The van der Waals surface area contributed by atoms with Crippen molar-refractivity contribution in [3.05, 3.63) is 57.5 Å². The first-order valence-corrected chi connectivity index (χ1v) is 6.31. The summed E-state index contributed by atoms with van der Waals surface area (Å²) in [5, 5.41) is 16.3. The van der Waals surface area contributed by atoms with Gasteiger partial charge < -0.3 is 15.1 Å². The Hall–Kier alpha value is -2.83. The number of nitro groups is 1. The van der Waals surface area contributed by atoms with Gasteiger partial charge in [0.2, 0.25) is 0 Å². The Labute approximate surface area is 121 Å². The fourth-order valence-corrected chi connectivity index (χ4v) is 1.88. The first-order valence-electron chi connectivity index (χ1n) is 6.31. The number of aryl methyl sites for hydroxylation is 1. The monoisotopic (exact) mass is 289 g/mol. The molecular formula is C14H15N3O4. The van der Waals surface area contributed by atoms with Crippen LogP contribution in [-0.4, -0.2) is 17.9 Å². The zero-order chi connectivity index (χ0) is 15.4. The number of hydrogen-bond acceptors (Lipinski definition) is 5. The first kappa shape index (κ1) is 14.6. The van der Waals surface area contributed by atoms with Gasteiger partial charge in [-0.25, -0.2) is 0 Å². The average Bonchev–Trinajstić information content (AvgIpc) is 2.89. The van der Waals surface area contributed by atoms with Crippen molar-refractivity contribution in [3.63, 3.8) is 0 Å². The molecule has 2 aromatic rings. The SMILES string of the molecule is CNc1ccc(C(=O)NCc2ccc(C)o2)cc1[N+](=O)[O-]. The van der Waals surface area contributed by atoms with Gasteiger partial charge in [0, 0.05) is 18.7 Å². The minimum Gasteiger partial charge on any atom is -0.465 e. The van der Waals surface area contributed by atoms with Gasteiger partial charge in [0.15, 0.2) is 0 Å². The summed E-state index contributed by atoms with van der Waals surface area (Å²) in [5.74, 6) is 0.991. The van der Waals surface area contributed by atoms with E-state index in [2.05, 4.69) is 10.6 Å². The number of benzene rings is 1. The summed E-state index contributed by atoms with van der Waals surface area (Å²) in [6.45, 7) is 2.04.